The Morgan fingerprint density at radius 2 is 2.21 bits per heavy atom. The summed E-state index contributed by atoms with van der Waals surface area (Å²) < 4.78 is 9.71. The Hall–Kier alpha value is -1.03. The van der Waals surface area contributed by atoms with E-state index in [0.29, 0.717) is 13.2 Å². The Morgan fingerprint density at radius 1 is 1.43 bits per heavy atom. The molecule has 82 valence electrons. The Balaban J connectivity index is 3.13. The maximum Gasteiger partial charge on any atom is 0.331 e. The monoisotopic (exact) mass is 201 g/mol. The zero-order valence-electron chi connectivity index (χ0n) is 8.91. The Kier molecular flexibility index (Phi) is 9.31. The highest BCUT2D eigenvalue weighted by atomic mass is 16.5. The Morgan fingerprint density at radius 3 is 2.86 bits per heavy atom. The summed E-state index contributed by atoms with van der Waals surface area (Å²) in [5, 5.41) is 2.92. The molecule has 0 aromatic rings. The van der Waals surface area contributed by atoms with Crippen molar-refractivity contribution in [1.82, 2.24) is 5.32 Å². The van der Waals surface area contributed by atoms with E-state index < -0.39 is 0 Å². The molecule has 0 atom stereocenters. The molecule has 0 aromatic heterocycles. The van der Waals surface area contributed by atoms with Crippen LogP contribution in [0.5, 0.6) is 0 Å². The molecule has 0 aliphatic heterocycles. The third kappa shape index (κ3) is 9.06. The standard InChI is InChI=1S/C10H19NO3/c1-3-4-8-14-9-7-11-6-5-10(12)13-2/h5-6,11H,3-4,7-9H2,1-2H3/b6-5+. The predicted octanol–water partition coefficient (Wildman–Crippen LogP) is 1.08. The Bertz CT molecular complexity index is 169. The summed E-state index contributed by atoms with van der Waals surface area (Å²) in [5.41, 5.74) is 0. The number of nitrogens with one attached hydrogen (secondary N) is 1. The third-order valence-electron chi connectivity index (χ3n) is 1.57. The van der Waals surface area contributed by atoms with Gasteiger partial charge in [0.05, 0.1) is 13.7 Å². The summed E-state index contributed by atoms with van der Waals surface area (Å²) in [6.07, 6.45) is 5.15. The molecule has 0 aromatic carbocycles. The number of methoxy groups -OCH3 is 1. The van der Waals surface area contributed by atoms with Crippen molar-refractivity contribution in [2.75, 3.05) is 26.9 Å². The van der Waals surface area contributed by atoms with Gasteiger partial charge in [0.25, 0.3) is 0 Å². The van der Waals surface area contributed by atoms with E-state index in [1.54, 1.807) is 6.20 Å². The Labute approximate surface area is 85.3 Å². The second-order valence-corrected chi connectivity index (χ2v) is 2.78. The zero-order chi connectivity index (χ0) is 10.6. The minimum atomic E-state index is -0.357. The van der Waals surface area contributed by atoms with Crippen LogP contribution in [0.3, 0.4) is 0 Å². The highest BCUT2D eigenvalue weighted by molar-refractivity contribution is 5.81. The average molecular weight is 201 g/mol. The van der Waals surface area contributed by atoms with Gasteiger partial charge in [-0.25, -0.2) is 4.79 Å². The molecule has 0 aliphatic rings. The number of hydrogen-bond donors (Lipinski definition) is 1. The molecule has 0 aliphatic carbocycles. The van der Waals surface area contributed by atoms with E-state index in [0.717, 1.165) is 19.4 Å². The first-order valence-electron chi connectivity index (χ1n) is 4.87. The van der Waals surface area contributed by atoms with Crippen LogP contribution >= 0.6 is 0 Å². The first kappa shape index (κ1) is 13.0. The van der Waals surface area contributed by atoms with Crippen LogP contribution in [0.25, 0.3) is 0 Å². The first-order chi connectivity index (χ1) is 6.81. The molecule has 0 amide bonds. The molecule has 0 unspecified atom stereocenters. The molecule has 14 heavy (non-hydrogen) atoms. The van der Waals surface area contributed by atoms with Gasteiger partial charge in [0.15, 0.2) is 0 Å². The second-order valence-electron chi connectivity index (χ2n) is 2.78. The number of rotatable bonds is 8. The van der Waals surface area contributed by atoms with E-state index in [-0.39, 0.29) is 5.97 Å². The molecule has 1 N–H and O–H groups in total. The summed E-state index contributed by atoms with van der Waals surface area (Å²) in [6, 6.07) is 0. The van der Waals surface area contributed by atoms with Gasteiger partial charge >= 0.3 is 5.97 Å². The predicted molar refractivity (Wildman–Crippen MR) is 54.9 cm³/mol. The van der Waals surface area contributed by atoms with Crippen molar-refractivity contribution in [2.45, 2.75) is 19.8 Å². The molecular formula is C10H19NO3. The summed E-state index contributed by atoms with van der Waals surface area (Å²) in [7, 11) is 1.35. The van der Waals surface area contributed by atoms with Crippen LogP contribution in [0.15, 0.2) is 12.3 Å². The van der Waals surface area contributed by atoms with Crippen LogP contribution in [0, 0.1) is 0 Å². The minimum absolute atomic E-state index is 0.357. The number of carbonyl (C=O) groups is 1. The number of esters is 1. The van der Waals surface area contributed by atoms with Gasteiger partial charge in [-0.3, -0.25) is 0 Å². The number of hydrogen-bond acceptors (Lipinski definition) is 4. The van der Waals surface area contributed by atoms with Crippen LogP contribution in [-0.4, -0.2) is 32.8 Å². The molecule has 0 spiro atoms. The van der Waals surface area contributed by atoms with Crippen LogP contribution in [-0.2, 0) is 14.3 Å². The van der Waals surface area contributed by atoms with Crippen molar-refractivity contribution in [1.29, 1.82) is 0 Å². The van der Waals surface area contributed by atoms with Gasteiger partial charge in [-0.2, -0.15) is 0 Å². The van der Waals surface area contributed by atoms with Crippen LogP contribution in [0.2, 0.25) is 0 Å². The minimum Gasteiger partial charge on any atom is -0.466 e. The van der Waals surface area contributed by atoms with Crippen LogP contribution in [0.4, 0.5) is 0 Å². The topological polar surface area (TPSA) is 47.6 Å². The molecule has 0 heterocycles. The van der Waals surface area contributed by atoms with E-state index in [1.165, 1.54) is 13.2 Å². The van der Waals surface area contributed by atoms with Crippen LogP contribution in [0.1, 0.15) is 19.8 Å². The van der Waals surface area contributed by atoms with Gasteiger partial charge in [0, 0.05) is 25.4 Å². The number of ether oxygens (including phenoxy) is 2. The highest BCUT2D eigenvalue weighted by Gasteiger charge is 1.89. The van der Waals surface area contributed by atoms with Crippen molar-refractivity contribution in [2.24, 2.45) is 0 Å². The lowest BCUT2D eigenvalue weighted by atomic mass is 10.4. The van der Waals surface area contributed by atoms with Crippen molar-refractivity contribution < 1.29 is 14.3 Å². The van der Waals surface area contributed by atoms with E-state index in [9.17, 15) is 4.79 Å². The molecule has 0 saturated carbocycles. The van der Waals surface area contributed by atoms with Crippen molar-refractivity contribution in [3.63, 3.8) is 0 Å². The second kappa shape index (κ2) is 10.1. The molecule has 0 saturated heterocycles. The lowest BCUT2D eigenvalue weighted by Gasteiger charge is -2.02. The molecule has 4 nitrogen and oxygen atoms in total. The molecule has 0 radical (unpaired) electrons. The normalized spacial score (nSPS) is 10.4. The fourth-order valence-electron chi connectivity index (χ4n) is 0.758. The van der Waals surface area contributed by atoms with E-state index in [1.807, 2.05) is 0 Å². The lowest BCUT2D eigenvalue weighted by molar-refractivity contribution is -0.134. The SMILES string of the molecule is CCCCOCCN/C=C/C(=O)OC. The maximum absolute atomic E-state index is 10.6. The van der Waals surface area contributed by atoms with Crippen LogP contribution < -0.4 is 5.32 Å². The smallest absolute Gasteiger partial charge is 0.331 e. The maximum atomic E-state index is 10.6. The summed E-state index contributed by atoms with van der Waals surface area (Å²) in [5.74, 6) is -0.357. The van der Waals surface area contributed by atoms with Crippen molar-refractivity contribution in [3.05, 3.63) is 12.3 Å². The summed E-state index contributed by atoms with van der Waals surface area (Å²) in [4.78, 5) is 10.6. The largest absolute Gasteiger partial charge is 0.466 e. The van der Waals surface area contributed by atoms with Gasteiger partial charge in [0.2, 0.25) is 0 Å². The van der Waals surface area contributed by atoms with Crippen molar-refractivity contribution in [3.8, 4) is 0 Å². The fraction of sp³-hybridized carbons (Fsp3) is 0.700. The van der Waals surface area contributed by atoms with Gasteiger partial charge in [-0.1, -0.05) is 13.3 Å². The molecule has 0 rings (SSSR count). The summed E-state index contributed by atoms with van der Waals surface area (Å²) in [6.45, 7) is 4.29. The highest BCUT2D eigenvalue weighted by Crippen LogP contribution is 1.86. The van der Waals surface area contributed by atoms with Gasteiger partial charge < -0.3 is 14.8 Å². The average Bonchev–Trinajstić information content (AvgIpc) is 2.21. The third-order valence-corrected chi connectivity index (χ3v) is 1.57. The number of unbranched alkanes of at least 4 members (excludes halogenated alkanes) is 1. The molecular weight excluding hydrogens is 182 g/mol. The number of carbonyl (C=O) groups excluding carboxylic acids is 1. The fourth-order valence-corrected chi connectivity index (χ4v) is 0.758. The first-order valence-corrected chi connectivity index (χ1v) is 4.87. The van der Waals surface area contributed by atoms with E-state index in [4.69, 9.17) is 4.74 Å². The van der Waals surface area contributed by atoms with Gasteiger partial charge in [-0.15, -0.1) is 0 Å². The molecule has 0 bridgehead atoms. The molecule has 0 fully saturated rings. The quantitative estimate of drug-likeness (QED) is 0.362. The lowest BCUT2D eigenvalue weighted by Crippen LogP contribution is -2.14. The summed E-state index contributed by atoms with van der Waals surface area (Å²) >= 11 is 0. The van der Waals surface area contributed by atoms with Gasteiger partial charge in [-0.05, 0) is 6.42 Å². The van der Waals surface area contributed by atoms with E-state index in [2.05, 4.69) is 17.0 Å². The van der Waals surface area contributed by atoms with E-state index >= 15 is 0 Å². The van der Waals surface area contributed by atoms with Gasteiger partial charge in [0.1, 0.15) is 0 Å². The zero-order valence-corrected chi connectivity index (χ0v) is 8.91. The van der Waals surface area contributed by atoms with Crippen molar-refractivity contribution >= 4 is 5.97 Å². The molecule has 4 heteroatoms.